The van der Waals surface area contributed by atoms with Crippen LogP contribution in [0.5, 0.6) is 0 Å². The SMILES string of the molecule is CN=Cc1c(-c2cc(F)c(CN3Cc4cccc(F)c4C3=O)c(F)c2)ccc(C(C)(O)C(F)F)c1N. The van der Waals surface area contributed by atoms with Crippen molar-refractivity contribution >= 4 is 17.8 Å². The Morgan fingerprint density at radius 3 is 2.39 bits per heavy atom. The van der Waals surface area contributed by atoms with Gasteiger partial charge >= 0.3 is 0 Å². The average molecular weight is 503 g/mol. The van der Waals surface area contributed by atoms with Gasteiger partial charge in [0, 0.05) is 42.2 Å². The van der Waals surface area contributed by atoms with E-state index in [9.17, 15) is 23.1 Å². The summed E-state index contributed by atoms with van der Waals surface area (Å²) in [5, 5.41) is 10.2. The van der Waals surface area contributed by atoms with Gasteiger partial charge in [-0.1, -0.05) is 24.3 Å². The zero-order chi connectivity index (χ0) is 26.4. The van der Waals surface area contributed by atoms with Crippen LogP contribution in [0.2, 0.25) is 0 Å². The fraction of sp³-hybridized carbons (Fsp3) is 0.231. The summed E-state index contributed by atoms with van der Waals surface area (Å²) in [7, 11) is 1.40. The molecular formula is C26H22F5N3O2. The summed E-state index contributed by atoms with van der Waals surface area (Å²) in [6.07, 6.45) is -1.90. The van der Waals surface area contributed by atoms with Gasteiger partial charge in [0.1, 0.15) is 23.1 Å². The van der Waals surface area contributed by atoms with Crippen LogP contribution >= 0.6 is 0 Å². The molecule has 1 aliphatic rings. The van der Waals surface area contributed by atoms with Crippen LogP contribution in [0.25, 0.3) is 11.1 Å². The van der Waals surface area contributed by atoms with Gasteiger partial charge in [0.15, 0.2) is 0 Å². The smallest absolute Gasteiger partial charge is 0.270 e. The molecule has 1 amide bonds. The zero-order valence-corrected chi connectivity index (χ0v) is 19.3. The highest BCUT2D eigenvalue weighted by atomic mass is 19.3. The van der Waals surface area contributed by atoms with E-state index in [1.807, 2.05) is 0 Å². The molecule has 0 bridgehead atoms. The van der Waals surface area contributed by atoms with Crippen molar-refractivity contribution in [1.29, 1.82) is 0 Å². The summed E-state index contributed by atoms with van der Waals surface area (Å²) >= 11 is 0. The summed E-state index contributed by atoms with van der Waals surface area (Å²) in [6.45, 7) is 0.492. The minimum absolute atomic E-state index is 0.00569. The Labute approximate surface area is 203 Å². The number of hydrogen-bond donors (Lipinski definition) is 2. The van der Waals surface area contributed by atoms with Crippen LogP contribution in [-0.2, 0) is 18.7 Å². The van der Waals surface area contributed by atoms with Crippen LogP contribution in [0, 0.1) is 17.5 Å². The molecule has 0 saturated carbocycles. The molecule has 1 aliphatic heterocycles. The Morgan fingerprint density at radius 1 is 1.14 bits per heavy atom. The zero-order valence-electron chi connectivity index (χ0n) is 19.3. The van der Waals surface area contributed by atoms with Crippen molar-refractivity contribution in [3.63, 3.8) is 0 Å². The molecule has 0 spiro atoms. The molecule has 0 aliphatic carbocycles. The lowest BCUT2D eigenvalue weighted by Gasteiger charge is -2.26. The van der Waals surface area contributed by atoms with Gasteiger partial charge < -0.3 is 15.7 Å². The van der Waals surface area contributed by atoms with Crippen molar-refractivity contribution in [2.75, 3.05) is 12.8 Å². The number of alkyl halides is 2. The normalized spacial score (nSPS) is 15.1. The number of nitrogens with two attached hydrogens (primary N) is 1. The van der Waals surface area contributed by atoms with E-state index < -0.39 is 47.5 Å². The maximum absolute atomic E-state index is 15.1. The molecule has 1 unspecified atom stereocenters. The fourth-order valence-corrected chi connectivity index (χ4v) is 4.32. The van der Waals surface area contributed by atoms with E-state index in [0.717, 1.165) is 30.0 Å². The van der Waals surface area contributed by atoms with Crippen LogP contribution in [-0.4, -0.2) is 35.6 Å². The Hall–Kier alpha value is -3.79. The summed E-state index contributed by atoms with van der Waals surface area (Å²) in [5.74, 6) is -3.29. The first kappa shape index (κ1) is 25.3. The highest BCUT2D eigenvalue weighted by Crippen LogP contribution is 2.38. The topological polar surface area (TPSA) is 78.9 Å². The number of amides is 1. The van der Waals surface area contributed by atoms with Gasteiger partial charge in [-0.3, -0.25) is 9.79 Å². The molecule has 0 fully saturated rings. The minimum Gasteiger partial charge on any atom is -0.398 e. The molecule has 1 atom stereocenters. The molecule has 0 aromatic heterocycles. The summed E-state index contributed by atoms with van der Waals surface area (Å²) < 4.78 is 71.1. The fourth-order valence-electron chi connectivity index (χ4n) is 4.32. The maximum atomic E-state index is 15.1. The van der Waals surface area contributed by atoms with E-state index in [4.69, 9.17) is 5.73 Å². The molecule has 4 rings (SSSR count). The monoisotopic (exact) mass is 503 g/mol. The molecule has 0 radical (unpaired) electrons. The standard InChI is InChI=1S/C26H22F5N3O2/c1-26(36,25(30)31)18-7-6-15(16(10-33-2)23(18)32)14-8-20(28)17(21(29)9-14)12-34-11-13-4-3-5-19(27)22(13)24(34)35/h3-10,25,36H,11-12,32H2,1-2H3. The second kappa shape index (κ2) is 9.34. The first-order valence-corrected chi connectivity index (χ1v) is 10.9. The Kier molecular flexibility index (Phi) is 6.57. The lowest BCUT2D eigenvalue weighted by molar-refractivity contribution is -0.0878. The Bertz CT molecular complexity index is 1370. The first-order chi connectivity index (χ1) is 17.0. The van der Waals surface area contributed by atoms with E-state index in [1.165, 1.54) is 31.5 Å². The lowest BCUT2D eigenvalue weighted by atomic mass is 9.88. The first-order valence-electron chi connectivity index (χ1n) is 10.9. The number of aliphatic imine (C=N–C) groups is 1. The molecule has 36 heavy (non-hydrogen) atoms. The molecule has 188 valence electrons. The van der Waals surface area contributed by atoms with Gasteiger partial charge in [0.05, 0.1) is 12.1 Å². The van der Waals surface area contributed by atoms with Crippen molar-refractivity contribution < 1.29 is 31.9 Å². The lowest BCUT2D eigenvalue weighted by Crippen LogP contribution is -2.31. The van der Waals surface area contributed by atoms with E-state index in [1.54, 1.807) is 6.07 Å². The number of nitrogen functional groups attached to an aromatic ring is 1. The van der Waals surface area contributed by atoms with E-state index >= 15 is 8.78 Å². The van der Waals surface area contributed by atoms with Crippen molar-refractivity contribution in [1.82, 2.24) is 4.90 Å². The molecule has 3 aromatic carbocycles. The number of aliphatic hydroxyl groups is 1. The van der Waals surface area contributed by atoms with Gasteiger partial charge in [-0.05, 0) is 41.8 Å². The number of rotatable bonds is 6. The molecule has 3 aromatic rings. The van der Waals surface area contributed by atoms with Gasteiger partial charge in [-0.25, -0.2) is 22.0 Å². The quantitative estimate of drug-likeness (QED) is 0.281. The maximum Gasteiger partial charge on any atom is 0.270 e. The number of carbonyl (C=O) groups is 1. The number of hydrogen-bond acceptors (Lipinski definition) is 4. The number of carbonyl (C=O) groups excluding carboxylic acids is 1. The number of halogens is 5. The highest BCUT2D eigenvalue weighted by Gasteiger charge is 2.37. The van der Waals surface area contributed by atoms with E-state index in [0.29, 0.717) is 5.56 Å². The third-order valence-electron chi connectivity index (χ3n) is 6.28. The van der Waals surface area contributed by atoms with Gasteiger partial charge in [0.25, 0.3) is 12.3 Å². The van der Waals surface area contributed by atoms with E-state index in [2.05, 4.69) is 4.99 Å². The van der Waals surface area contributed by atoms with Crippen LogP contribution in [0.1, 0.15) is 39.5 Å². The van der Waals surface area contributed by atoms with E-state index in [-0.39, 0.29) is 40.0 Å². The minimum atomic E-state index is -3.14. The molecular weight excluding hydrogens is 481 g/mol. The summed E-state index contributed by atoms with van der Waals surface area (Å²) in [5.41, 5.74) is 3.30. The van der Waals surface area contributed by atoms with Crippen LogP contribution in [0.4, 0.5) is 27.6 Å². The molecule has 0 saturated heterocycles. The van der Waals surface area contributed by atoms with Crippen molar-refractivity contribution in [3.05, 3.63) is 87.7 Å². The number of benzene rings is 3. The Balaban J connectivity index is 1.72. The molecule has 5 nitrogen and oxygen atoms in total. The van der Waals surface area contributed by atoms with Gasteiger partial charge in [-0.2, -0.15) is 0 Å². The average Bonchev–Trinajstić information content (AvgIpc) is 3.13. The number of fused-ring (bicyclic) bond motifs is 1. The predicted octanol–water partition coefficient (Wildman–Crippen LogP) is 5.03. The summed E-state index contributed by atoms with van der Waals surface area (Å²) in [6, 6.07) is 8.71. The van der Waals surface area contributed by atoms with Crippen LogP contribution < -0.4 is 5.73 Å². The van der Waals surface area contributed by atoms with Gasteiger partial charge in [-0.15, -0.1) is 0 Å². The third kappa shape index (κ3) is 4.21. The van der Waals surface area contributed by atoms with Gasteiger partial charge in [0.2, 0.25) is 0 Å². The van der Waals surface area contributed by atoms with Crippen molar-refractivity contribution in [2.24, 2.45) is 4.99 Å². The predicted molar refractivity (Wildman–Crippen MR) is 125 cm³/mol. The largest absolute Gasteiger partial charge is 0.398 e. The van der Waals surface area contributed by atoms with Crippen LogP contribution in [0.15, 0.2) is 47.5 Å². The third-order valence-corrected chi connectivity index (χ3v) is 6.28. The van der Waals surface area contributed by atoms with Crippen molar-refractivity contribution in [3.8, 4) is 11.1 Å². The summed E-state index contributed by atoms with van der Waals surface area (Å²) in [4.78, 5) is 17.6. The number of nitrogens with zero attached hydrogens (tertiary/aromatic N) is 2. The van der Waals surface area contributed by atoms with Crippen molar-refractivity contribution in [2.45, 2.75) is 32.0 Å². The molecule has 3 N–H and O–H groups in total. The highest BCUT2D eigenvalue weighted by molar-refractivity contribution is 5.99. The second-order valence-electron chi connectivity index (χ2n) is 8.68. The Morgan fingerprint density at radius 2 is 1.81 bits per heavy atom. The second-order valence-corrected chi connectivity index (χ2v) is 8.68. The van der Waals surface area contributed by atoms with Crippen LogP contribution in [0.3, 0.4) is 0 Å². The molecule has 1 heterocycles. The molecule has 10 heteroatoms. The number of anilines is 1.